The lowest BCUT2D eigenvalue weighted by Gasteiger charge is -2.26. The number of nitrogens with zero attached hydrogens (tertiary/aromatic N) is 1. The minimum absolute atomic E-state index is 0.410. The lowest BCUT2D eigenvalue weighted by Crippen LogP contribution is -2.34. The number of fused-ring (bicyclic) bond motifs is 4. The first-order chi connectivity index (χ1) is 14.4. The fraction of sp³-hybridized carbons (Fsp3) is 0.391. The second-order valence-corrected chi connectivity index (χ2v) is 8.46. The summed E-state index contributed by atoms with van der Waals surface area (Å²) in [7, 11) is 2.07. The Labute approximate surface area is 173 Å². The molecule has 7 heteroatoms. The molecule has 0 atom stereocenters. The summed E-state index contributed by atoms with van der Waals surface area (Å²) in [6.07, 6.45) is 5.86. The molecule has 0 aliphatic heterocycles. The van der Waals surface area contributed by atoms with E-state index in [-0.39, 0.29) is 0 Å². The SMILES string of the molecule is Cn1c(CNC2CCC2)cc2cc3c(cc21)CCCc1c-3[nH]c(=O)c(C(=O)O)c1O. The third-order valence-corrected chi connectivity index (χ3v) is 6.69. The minimum atomic E-state index is -1.41. The molecule has 2 aliphatic rings. The summed E-state index contributed by atoms with van der Waals surface area (Å²) < 4.78 is 2.21. The molecular weight excluding hydrogens is 382 g/mol. The molecule has 3 aromatic rings. The zero-order valence-electron chi connectivity index (χ0n) is 16.9. The zero-order chi connectivity index (χ0) is 21.0. The van der Waals surface area contributed by atoms with Crippen molar-refractivity contribution in [1.29, 1.82) is 0 Å². The quantitative estimate of drug-likeness (QED) is 0.532. The Kier molecular flexibility index (Phi) is 4.43. The number of aryl methyl sites for hydroxylation is 2. The van der Waals surface area contributed by atoms with Crippen LogP contribution in [0.3, 0.4) is 0 Å². The maximum atomic E-state index is 12.4. The molecule has 1 fully saturated rings. The van der Waals surface area contributed by atoms with Crippen LogP contribution < -0.4 is 10.9 Å². The van der Waals surface area contributed by atoms with Crippen molar-refractivity contribution in [3.63, 3.8) is 0 Å². The van der Waals surface area contributed by atoms with Crippen LogP contribution in [0.5, 0.6) is 5.75 Å². The molecule has 4 N–H and O–H groups in total. The van der Waals surface area contributed by atoms with Gasteiger partial charge in [-0.2, -0.15) is 0 Å². The smallest absolute Gasteiger partial charge is 0.345 e. The van der Waals surface area contributed by atoms with E-state index in [1.165, 1.54) is 25.0 Å². The van der Waals surface area contributed by atoms with Crippen molar-refractivity contribution in [3.05, 3.63) is 50.9 Å². The summed E-state index contributed by atoms with van der Waals surface area (Å²) in [5.74, 6) is -1.82. The Morgan fingerprint density at radius 3 is 2.73 bits per heavy atom. The van der Waals surface area contributed by atoms with Crippen molar-refractivity contribution < 1.29 is 15.0 Å². The van der Waals surface area contributed by atoms with Crippen molar-refractivity contribution in [2.45, 2.75) is 51.1 Å². The molecule has 0 unspecified atom stereocenters. The number of hydrogen-bond donors (Lipinski definition) is 4. The molecule has 0 radical (unpaired) electrons. The maximum absolute atomic E-state index is 12.4. The second kappa shape index (κ2) is 7.02. The lowest BCUT2D eigenvalue weighted by atomic mass is 9.93. The van der Waals surface area contributed by atoms with E-state index in [4.69, 9.17) is 0 Å². The highest BCUT2D eigenvalue weighted by molar-refractivity contribution is 5.93. The summed E-state index contributed by atoms with van der Waals surface area (Å²) in [4.78, 5) is 26.5. The van der Waals surface area contributed by atoms with Gasteiger partial charge >= 0.3 is 5.97 Å². The van der Waals surface area contributed by atoms with E-state index in [9.17, 15) is 19.8 Å². The van der Waals surface area contributed by atoms with Gasteiger partial charge in [0.1, 0.15) is 5.75 Å². The van der Waals surface area contributed by atoms with Crippen LogP contribution in [-0.4, -0.2) is 31.8 Å². The first kappa shape index (κ1) is 18.9. The summed E-state index contributed by atoms with van der Waals surface area (Å²) in [5, 5.41) is 24.5. The third-order valence-electron chi connectivity index (χ3n) is 6.69. The van der Waals surface area contributed by atoms with Crippen LogP contribution in [0.1, 0.15) is 52.9 Å². The fourth-order valence-corrected chi connectivity index (χ4v) is 4.71. The highest BCUT2D eigenvalue weighted by Gasteiger charge is 2.26. The number of carbonyl (C=O) groups is 1. The number of aromatic amines is 1. The van der Waals surface area contributed by atoms with E-state index in [1.807, 2.05) is 0 Å². The van der Waals surface area contributed by atoms with Crippen LogP contribution >= 0.6 is 0 Å². The number of aromatic nitrogens is 2. The van der Waals surface area contributed by atoms with Crippen molar-refractivity contribution in [2.24, 2.45) is 7.05 Å². The van der Waals surface area contributed by atoms with Gasteiger partial charge in [0.05, 0.1) is 5.69 Å². The molecule has 0 bridgehead atoms. The molecule has 30 heavy (non-hydrogen) atoms. The van der Waals surface area contributed by atoms with Crippen LogP contribution in [0.25, 0.3) is 22.2 Å². The highest BCUT2D eigenvalue weighted by Crippen LogP contribution is 2.38. The van der Waals surface area contributed by atoms with Gasteiger partial charge in [-0.1, -0.05) is 6.42 Å². The number of carboxylic acid groups (broad SMARTS) is 1. The van der Waals surface area contributed by atoms with Gasteiger partial charge < -0.3 is 25.1 Å². The van der Waals surface area contributed by atoms with Crippen LogP contribution in [-0.2, 0) is 26.4 Å². The molecule has 156 valence electrons. The Morgan fingerprint density at radius 2 is 2.03 bits per heavy atom. The van der Waals surface area contributed by atoms with Crippen molar-refractivity contribution in [3.8, 4) is 17.0 Å². The molecule has 5 rings (SSSR count). The molecule has 0 spiro atoms. The van der Waals surface area contributed by atoms with E-state index in [2.05, 4.69) is 40.1 Å². The number of nitrogens with one attached hydrogen (secondary N) is 2. The Morgan fingerprint density at radius 1 is 1.23 bits per heavy atom. The number of hydrogen-bond acceptors (Lipinski definition) is 4. The fourth-order valence-electron chi connectivity index (χ4n) is 4.71. The van der Waals surface area contributed by atoms with Gasteiger partial charge in [0.2, 0.25) is 0 Å². The summed E-state index contributed by atoms with van der Waals surface area (Å²) >= 11 is 0. The number of aromatic hydroxyl groups is 1. The van der Waals surface area contributed by atoms with E-state index in [0.29, 0.717) is 23.7 Å². The van der Waals surface area contributed by atoms with E-state index in [1.54, 1.807) is 0 Å². The van der Waals surface area contributed by atoms with Crippen LogP contribution in [0.4, 0.5) is 0 Å². The largest absolute Gasteiger partial charge is 0.506 e. The van der Waals surface area contributed by atoms with Crippen LogP contribution in [0.15, 0.2) is 23.0 Å². The molecule has 2 aliphatic carbocycles. The maximum Gasteiger partial charge on any atom is 0.345 e. The normalized spacial score (nSPS) is 16.0. The predicted octanol–water partition coefficient (Wildman–Crippen LogP) is 3.07. The Balaban J connectivity index is 1.63. The Hall–Kier alpha value is -3.06. The third kappa shape index (κ3) is 2.92. The predicted molar refractivity (Wildman–Crippen MR) is 114 cm³/mol. The van der Waals surface area contributed by atoms with Gasteiger partial charge in [0.15, 0.2) is 5.56 Å². The molecule has 2 aromatic heterocycles. The average molecular weight is 407 g/mol. The molecular formula is C23H25N3O4. The summed E-state index contributed by atoms with van der Waals surface area (Å²) in [6, 6.07) is 6.99. The average Bonchev–Trinajstić information content (AvgIpc) is 2.85. The van der Waals surface area contributed by atoms with Crippen LogP contribution in [0.2, 0.25) is 0 Å². The van der Waals surface area contributed by atoms with E-state index in [0.717, 1.165) is 41.4 Å². The second-order valence-electron chi connectivity index (χ2n) is 8.46. The van der Waals surface area contributed by atoms with E-state index >= 15 is 0 Å². The summed E-state index contributed by atoms with van der Waals surface area (Å²) in [6.45, 7) is 0.816. The van der Waals surface area contributed by atoms with Crippen LogP contribution in [0, 0.1) is 0 Å². The molecule has 1 saturated carbocycles. The molecule has 2 heterocycles. The molecule has 7 nitrogen and oxygen atoms in total. The number of rotatable bonds is 4. The molecule has 0 amide bonds. The van der Waals surface area contributed by atoms with Gasteiger partial charge in [-0.05, 0) is 55.9 Å². The van der Waals surface area contributed by atoms with Gasteiger partial charge in [0.25, 0.3) is 5.56 Å². The van der Waals surface area contributed by atoms with Crippen molar-refractivity contribution in [1.82, 2.24) is 14.9 Å². The van der Waals surface area contributed by atoms with Crippen molar-refractivity contribution in [2.75, 3.05) is 0 Å². The van der Waals surface area contributed by atoms with Gasteiger partial charge in [-0.25, -0.2) is 4.79 Å². The highest BCUT2D eigenvalue weighted by atomic mass is 16.4. The Bertz CT molecular complexity index is 1230. The van der Waals surface area contributed by atoms with Gasteiger partial charge in [-0.15, -0.1) is 0 Å². The molecule has 1 aromatic carbocycles. The number of pyridine rings is 1. The topological polar surface area (TPSA) is 107 Å². The van der Waals surface area contributed by atoms with Gasteiger partial charge in [-0.3, -0.25) is 4.79 Å². The minimum Gasteiger partial charge on any atom is -0.506 e. The number of benzene rings is 1. The summed E-state index contributed by atoms with van der Waals surface area (Å²) in [5.41, 5.74) is 3.99. The van der Waals surface area contributed by atoms with Gasteiger partial charge in [0, 0.05) is 47.4 Å². The van der Waals surface area contributed by atoms with E-state index < -0.39 is 22.8 Å². The lowest BCUT2D eigenvalue weighted by molar-refractivity contribution is 0.0691. The first-order valence-electron chi connectivity index (χ1n) is 10.5. The molecule has 0 saturated heterocycles. The number of aromatic carboxylic acids is 1. The number of carboxylic acids is 1. The number of H-pyrrole nitrogens is 1. The van der Waals surface area contributed by atoms with Crippen molar-refractivity contribution >= 4 is 16.9 Å². The standard InChI is InChI=1S/C23H25N3O4/c1-26-15(11-24-14-5-3-6-14)8-13-9-17-12(10-18(13)26)4-2-7-16-20(17)25-22(28)19(21(16)27)23(29)30/h8-10,14,24H,2-7,11H2,1H3,(H,29,30)(H2,25,27,28). The first-order valence-corrected chi connectivity index (χ1v) is 10.5. The zero-order valence-corrected chi connectivity index (χ0v) is 16.9. The monoisotopic (exact) mass is 407 g/mol.